The van der Waals surface area contributed by atoms with E-state index in [9.17, 15) is 9.18 Å². The fourth-order valence-corrected chi connectivity index (χ4v) is 2.40. The Morgan fingerprint density at radius 1 is 1.59 bits per heavy atom. The lowest BCUT2D eigenvalue weighted by molar-refractivity contribution is -0.117. The van der Waals surface area contributed by atoms with E-state index in [0.29, 0.717) is 18.7 Å². The van der Waals surface area contributed by atoms with E-state index in [4.69, 9.17) is 5.26 Å². The summed E-state index contributed by atoms with van der Waals surface area (Å²) in [6.07, 6.45) is 0.437. The van der Waals surface area contributed by atoms with Gasteiger partial charge in [0, 0.05) is 18.3 Å². The Balaban J connectivity index is 2.39. The highest BCUT2D eigenvalue weighted by molar-refractivity contribution is 9.09. The first-order valence-corrected chi connectivity index (χ1v) is 6.34. The number of anilines is 1. The van der Waals surface area contributed by atoms with Gasteiger partial charge in [0.15, 0.2) is 0 Å². The summed E-state index contributed by atoms with van der Waals surface area (Å²) in [5, 5.41) is 9.66. The van der Waals surface area contributed by atoms with Crippen molar-refractivity contribution in [2.75, 3.05) is 16.8 Å². The first-order chi connectivity index (χ1) is 8.17. The zero-order valence-corrected chi connectivity index (χ0v) is 10.6. The van der Waals surface area contributed by atoms with Crippen molar-refractivity contribution in [1.29, 1.82) is 5.26 Å². The maximum absolute atomic E-state index is 13.4. The molecule has 0 aliphatic carbocycles. The number of nitrogens with zero attached hydrogens (tertiary/aromatic N) is 2. The number of rotatable bonds is 2. The highest BCUT2D eigenvalue weighted by Crippen LogP contribution is 2.29. The van der Waals surface area contributed by atoms with Crippen LogP contribution in [0, 0.1) is 23.1 Å². The van der Waals surface area contributed by atoms with Gasteiger partial charge in [0.25, 0.3) is 0 Å². The molecule has 88 valence electrons. The number of amides is 1. The fourth-order valence-electron chi connectivity index (χ4n) is 1.97. The Morgan fingerprint density at radius 2 is 2.35 bits per heavy atom. The summed E-state index contributed by atoms with van der Waals surface area (Å²) in [5.74, 6) is -0.422. The van der Waals surface area contributed by atoms with Gasteiger partial charge in [-0.15, -0.1) is 0 Å². The molecule has 1 fully saturated rings. The number of hydrogen-bond acceptors (Lipinski definition) is 2. The van der Waals surface area contributed by atoms with Crippen LogP contribution in [0.2, 0.25) is 0 Å². The van der Waals surface area contributed by atoms with E-state index in [1.807, 2.05) is 6.07 Å². The molecule has 1 unspecified atom stereocenters. The summed E-state index contributed by atoms with van der Waals surface area (Å²) < 4.78 is 13.4. The molecule has 0 radical (unpaired) electrons. The minimum atomic E-state index is -0.583. The van der Waals surface area contributed by atoms with Crippen molar-refractivity contribution in [3.05, 3.63) is 29.6 Å². The second-order valence-corrected chi connectivity index (χ2v) is 4.62. The maximum Gasteiger partial charge on any atom is 0.227 e. The summed E-state index contributed by atoms with van der Waals surface area (Å²) in [7, 11) is 0. The first kappa shape index (κ1) is 12.1. The Bertz CT molecular complexity index is 498. The number of carbonyl (C=O) groups excluding carboxylic acids is 1. The highest BCUT2D eigenvalue weighted by Gasteiger charge is 2.31. The summed E-state index contributed by atoms with van der Waals surface area (Å²) in [6, 6.07) is 6.16. The SMILES string of the molecule is N#Cc1c(F)cccc1N1CC(CBr)CC1=O. The van der Waals surface area contributed by atoms with Crippen LogP contribution in [0.3, 0.4) is 0 Å². The molecule has 17 heavy (non-hydrogen) atoms. The highest BCUT2D eigenvalue weighted by atomic mass is 79.9. The molecule has 1 atom stereocenters. The van der Waals surface area contributed by atoms with Crippen molar-refractivity contribution in [2.45, 2.75) is 6.42 Å². The Morgan fingerprint density at radius 3 is 2.94 bits per heavy atom. The number of hydrogen-bond donors (Lipinski definition) is 0. The van der Waals surface area contributed by atoms with Crippen molar-refractivity contribution >= 4 is 27.5 Å². The van der Waals surface area contributed by atoms with Crippen molar-refractivity contribution in [1.82, 2.24) is 0 Å². The smallest absolute Gasteiger partial charge is 0.227 e. The summed E-state index contributed by atoms with van der Waals surface area (Å²) in [6.45, 7) is 0.530. The molecule has 1 aromatic rings. The van der Waals surface area contributed by atoms with Crippen molar-refractivity contribution < 1.29 is 9.18 Å². The van der Waals surface area contributed by atoms with E-state index < -0.39 is 5.82 Å². The van der Waals surface area contributed by atoms with E-state index in [1.165, 1.54) is 17.0 Å². The van der Waals surface area contributed by atoms with Gasteiger partial charge in [0.1, 0.15) is 17.4 Å². The third-order valence-corrected chi connectivity index (χ3v) is 3.73. The molecular formula is C12H10BrFN2O. The topological polar surface area (TPSA) is 44.1 Å². The van der Waals surface area contributed by atoms with Gasteiger partial charge in [-0.1, -0.05) is 22.0 Å². The molecule has 0 spiro atoms. The van der Waals surface area contributed by atoms with E-state index in [1.54, 1.807) is 6.07 Å². The fraction of sp³-hybridized carbons (Fsp3) is 0.333. The van der Waals surface area contributed by atoms with E-state index in [2.05, 4.69) is 15.9 Å². The van der Waals surface area contributed by atoms with E-state index in [0.717, 1.165) is 5.33 Å². The van der Waals surface area contributed by atoms with E-state index >= 15 is 0 Å². The third-order valence-electron chi connectivity index (χ3n) is 2.82. The van der Waals surface area contributed by atoms with Crippen molar-refractivity contribution in [2.24, 2.45) is 5.92 Å². The molecular weight excluding hydrogens is 287 g/mol. The average Bonchev–Trinajstić information content (AvgIpc) is 2.70. The summed E-state index contributed by atoms with van der Waals surface area (Å²) in [5.41, 5.74) is 0.317. The van der Waals surface area contributed by atoms with Crippen LogP contribution in [-0.2, 0) is 4.79 Å². The molecule has 1 heterocycles. The molecule has 5 heteroatoms. The lowest BCUT2D eigenvalue weighted by atomic mass is 10.1. The summed E-state index contributed by atoms with van der Waals surface area (Å²) >= 11 is 3.34. The second kappa shape index (κ2) is 4.84. The molecule has 2 rings (SSSR count). The lowest BCUT2D eigenvalue weighted by Crippen LogP contribution is -2.25. The molecule has 1 saturated heterocycles. The Hall–Kier alpha value is -1.41. The largest absolute Gasteiger partial charge is 0.311 e. The minimum Gasteiger partial charge on any atom is -0.311 e. The second-order valence-electron chi connectivity index (χ2n) is 3.97. The predicted octanol–water partition coefficient (Wildman–Crippen LogP) is 2.45. The van der Waals surface area contributed by atoms with Crippen molar-refractivity contribution in [3.63, 3.8) is 0 Å². The summed E-state index contributed by atoms with van der Waals surface area (Å²) in [4.78, 5) is 13.3. The molecule has 0 saturated carbocycles. The standard InChI is InChI=1S/C12H10BrFN2O/c13-5-8-4-12(17)16(7-8)11-3-1-2-10(14)9(11)6-15/h1-3,8H,4-5,7H2. The number of benzene rings is 1. The zero-order chi connectivity index (χ0) is 12.4. The third kappa shape index (κ3) is 2.18. The van der Waals surface area contributed by atoms with Gasteiger partial charge in [0.2, 0.25) is 5.91 Å². The van der Waals surface area contributed by atoms with Gasteiger partial charge in [-0.2, -0.15) is 5.26 Å². The molecule has 0 N–H and O–H groups in total. The average molecular weight is 297 g/mol. The Kier molecular flexibility index (Phi) is 3.43. The molecule has 1 aliphatic heterocycles. The van der Waals surface area contributed by atoms with Crippen LogP contribution in [0.4, 0.5) is 10.1 Å². The van der Waals surface area contributed by atoms with Crippen LogP contribution in [0.15, 0.2) is 18.2 Å². The number of halogens is 2. The van der Waals surface area contributed by atoms with Crippen LogP contribution in [0.25, 0.3) is 0 Å². The van der Waals surface area contributed by atoms with Gasteiger partial charge in [-0.05, 0) is 18.1 Å². The monoisotopic (exact) mass is 296 g/mol. The maximum atomic E-state index is 13.4. The van der Waals surface area contributed by atoms with Crippen LogP contribution in [0.5, 0.6) is 0 Å². The van der Waals surface area contributed by atoms with Crippen LogP contribution in [0.1, 0.15) is 12.0 Å². The van der Waals surface area contributed by atoms with Gasteiger partial charge in [-0.25, -0.2) is 4.39 Å². The zero-order valence-electron chi connectivity index (χ0n) is 8.99. The van der Waals surface area contributed by atoms with Crippen LogP contribution >= 0.6 is 15.9 Å². The molecule has 1 aromatic carbocycles. The van der Waals surface area contributed by atoms with Gasteiger partial charge in [0.05, 0.1) is 5.69 Å². The Labute approximate surface area is 107 Å². The van der Waals surface area contributed by atoms with E-state index in [-0.39, 0.29) is 17.4 Å². The normalized spacial score (nSPS) is 19.5. The number of carbonyl (C=O) groups is 1. The molecule has 0 aromatic heterocycles. The minimum absolute atomic E-state index is 0.0587. The molecule has 0 bridgehead atoms. The van der Waals surface area contributed by atoms with Gasteiger partial charge in [-0.3, -0.25) is 4.79 Å². The number of alkyl halides is 1. The molecule has 3 nitrogen and oxygen atoms in total. The quantitative estimate of drug-likeness (QED) is 0.787. The van der Waals surface area contributed by atoms with Crippen molar-refractivity contribution in [3.8, 4) is 6.07 Å². The molecule has 1 aliphatic rings. The first-order valence-electron chi connectivity index (χ1n) is 5.22. The van der Waals surface area contributed by atoms with Crippen LogP contribution < -0.4 is 4.90 Å². The van der Waals surface area contributed by atoms with Crippen LogP contribution in [-0.4, -0.2) is 17.8 Å². The van der Waals surface area contributed by atoms with Gasteiger partial charge < -0.3 is 4.90 Å². The van der Waals surface area contributed by atoms with Gasteiger partial charge >= 0.3 is 0 Å². The molecule has 1 amide bonds. The lowest BCUT2D eigenvalue weighted by Gasteiger charge is -2.17. The number of nitriles is 1. The predicted molar refractivity (Wildman–Crippen MR) is 65.4 cm³/mol.